The molecule has 13 aliphatic rings. The van der Waals surface area contributed by atoms with Gasteiger partial charge in [0.25, 0.3) is 0 Å². The molecule has 16 nitrogen and oxygen atoms in total. The van der Waals surface area contributed by atoms with Gasteiger partial charge in [-0.15, -0.1) is 0 Å². The summed E-state index contributed by atoms with van der Waals surface area (Å²) in [7, 11) is 0. The highest BCUT2D eigenvalue weighted by Crippen LogP contribution is 2.52. The first kappa shape index (κ1) is 50.8. The van der Waals surface area contributed by atoms with Crippen LogP contribution < -0.4 is 0 Å². The molecule has 13 aliphatic heterocycles. The molecule has 1 spiro atoms. The van der Waals surface area contributed by atoms with Gasteiger partial charge in [0, 0.05) is 43.9 Å². The van der Waals surface area contributed by atoms with Crippen molar-refractivity contribution in [2.45, 2.75) is 270 Å². The van der Waals surface area contributed by atoms with Gasteiger partial charge in [-0.3, -0.25) is 0 Å². The summed E-state index contributed by atoms with van der Waals surface area (Å²) >= 11 is 0. The van der Waals surface area contributed by atoms with Gasteiger partial charge in [0.05, 0.1) is 117 Å². The zero-order valence-electron chi connectivity index (χ0n) is 43.3. The first-order valence-corrected chi connectivity index (χ1v) is 28.5. The Kier molecular flexibility index (Phi) is 14.1. The van der Waals surface area contributed by atoms with Crippen LogP contribution in [0.3, 0.4) is 0 Å². The summed E-state index contributed by atoms with van der Waals surface area (Å²) in [6.45, 7) is 11.9. The Bertz CT molecular complexity index is 2080. The van der Waals surface area contributed by atoms with Crippen LogP contribution in [0.2, 0.25) is 0 Å². The molecule has 13 heterocycles. The number of fused-ring (bicyclic) bond motifs is 11. The maximum absolute atomic E-state index is 12.4. The third kappa shape index (κ3) is 9.16. The minimum Gasteiger partial charge on any atom is -0.390 e. The van der Waals surface area contributed by atoms with Crippen molar-refractivity contribution in [2.24, 2.45) is 23.7 Å². The summed E-state index contributed by atoms with van der Waals surface area (Å²) in [5, 5.41) is 35.9. The van der Waals surface area contributed by atoms with E-state index >= 15 is 0 Å². The van der Waals surface area contributed by atoms with Crippen LogP contribution >= 0.6 is 0 Å². The second kappa shape index (κ2) is 20.2. The fourth-order valence-corrected chi connectivity index (χ4v) is 15.6. The van der Waals surface area contributed by atoms with E-state index in [2.05, 4.69) is 64.2 Å². The summed E-state index contributed by atoms with van der Waals surface area (Å²) in [5.41, 5.74) is -0.998. The summed E-state index contributed by atoms with van der Waals surface area (Å²) in [6, 6.07) is 0. The molecule has 406 valence electrons. The lowest BCUT2D eigenvalue weighted by molar-refractivity contribution is -0.339. The van der Waals surface area contributed by atoms with Gasteiger partial charge in [-0.2, -0.15) is 0 Å². The van der Waals surface area contributed by atoms with Crippen LogP contribution in [-0.2, 0) is 61.6 Å². The molecule has 0 bridgehead atoms. The van der Waals surface area contributed by atoms with Crippen molar-refractivity contribution >= 4 is 0 Å². The van der Waals surface area contributed by atoms with E-state index in [1.54, 1.807) is 0 Å². The average molecular weight is 1020 g/mol. The Morgan fingerprint density at radius 1 is 0.452 bits per heavy atom. The topological polar surface area (TPSA) is 181 Å². The fourth-order valence-electron chi connectivity index (χ4n) is 15.6. The first-order valence-electron chi connectivity index (χ1n) is 28.5. The molecule has 0 amide bonds. The summed E-state index contributed by atoms with van der Waals surface area (Å²) in [5.74, 6) is -0.458. The highest BCUT2D eigenvalue weighted by atomic mass is 16.7. The number of hydrogen-bond donors (Lipinski definition) is 3. The van der Waals surface area contributed by atoms with E-state index in [9.17, 15) is 15.3 Å². The fraction of sp³-hybridized carbons (Fsp3) is 0.860. The zero-order chi connectivity index (χ0) is 49.9. The molecule has 0 unspecified atom stereocenters. The van der Waals surface area contributed by atoms with Crippen LogP contribution in [-0.4, -0.2) is 186 Å². The Morgan fingerprint density at radius 2 is 1.08 bits per heavy atom. The molecule has 13 rings (SSSR count). The third-order valence-corrected chi connectivity index (χ3v) is 20.0. The third-order valence-electron chi connectivity index (χ3n) is 20.0. The van der Waals surface area contributed by atoms with Crippen molar-refractivity contribution in [1.29, 1.82) is 0 Å². The van der Waals surface area contributed by atoms with Gasteiger partial charge < -0.3 is 76.9 Å². The maximum atomic E-state index is 12.4. The average Bonchev–Trinajstić information content (AvgIpc) is 3.55. The Morgan fingerprint density at radius 3 is 1.92 bits per heavy atom. The van der Waals surface area contributed by atoms with Gasteiger partial charge in [0.15, 0.2) is 5.79 Å². The molecule has 16 heteroatoms. The van der Waals surface area contributed by atoms with Gasteiger partial charge in [-0.05, 0) is 63.7 Å². The number of ether oxygens (including phenoxy) is 13. The van der Waals surface area contributed by atoms with E-state index < -0.39 is 66.3 Å². The highest BCUT2D eigenvalue weighted by Gasteiger charge is 2.62. The molecule has 0 aliphatic carbocycles. The summed E-state index contributed by atoms with van der Waals surface area (Å²) in [6.07, 6.45) is 15.0. The lowest BCUT2D eigenvalue weighted by Gasteiger charge is -2.53. The maximum Gasteiger partial charge on any atom is 0.171 e. The van der Waals surface area contributed by atoms with E-state index in [0.717, 1.165) is 25.7 Å². The highest BCUT2D eigenvalue weighted by molar-refractivity contribution is 5.14. The van der Waals surface area contributed by atoms with Crippen LogP contribution in [0.5, 0.6) is 0 Å². The molecule has 0 aromatic carbocycles. The SMILES string of the molecule is C[C@@H]1C[C@@H]2O[C@@H]3[C@@H](C)[C@H](O)[C@@H]4O[C@]5(CCCO5)[C@@H](C)[C@H](C)[C@H]4O[C@H]3C[C@H]2O[C@H]2C[C@H]3O[C@H]4C/C=C\C[C@H]5O[C@H]6C=C[C@H]7O[C@@H]8[C@H](O)[C@@H]9OCC=CC[C@@H]9O[C@@H]8C[C@@H]7O[C@@H]6C/C=C\[C@@H]5O[C@@H]4C[C@@H](O)[C@]3(C)O[C@@H]2C1. The van der Waals surface area contributed by atoms with Crippen molar-refractivity contribution in [3.8, 4) is 0 Å². The molecule has 0 saturated carbocycles. The summed E-state index contributed by atoms with van der Waals surface area (Å²) < 4.78 is 89.0. The van der Waals surface area contributed by atoms with Crippen molar-refractivity contribution in [3.05, 3.63) is 48.6 Å². The second-order valence-corrected chi connectivity index (χ2v) is 24.6. The normalized spacial score (nSPS) is 58.5. The Hall–Kier alpha value is -1.68. The van der Waals surface area contributed by atoms with Crippen LogP contribution in [0.4, 0.5) is 0 Å². The van der Waals surface area contributed by atoms with Crippen molar-refractivity contribution in [3.63, 3.8) is 0 Å². The molecular formula is C57H82O16. The molecule has 0 aromatic rings. The second-order valence-electron chi connectivity index (χ2n) is 24.6. The van der Waals surface area contributed by atoms with Crippen LogP contribution in [0.15, 0.2) is 48.6 Å². The lowest BCUT2D eigenvalue weighted by Crippen LogP contribution is -2.63. The van der Waals surface area contributed by atoms with Gasteiger partial charge in [-0.1, -0.05) is 76.3 Å². The smallest absolute Gasteiger partial charge is 0.171 e. The predicted molar refractivity (Wildman–Crippen MR) is 261 cm³/mol. The Labute approximate surface area is 430 Å². The van der Waals surface area contributed by atoms with Gasteiger partial charge in [0.2, 0.25) is 0 Å². The quantitative estimate of drug-likeness (QED) is 0.273. The van der Waals surface area contributed by atoms with Crippen LogP contribution in [0.25, 0.3) is 0 Å². The number of aliphatic hydroxyl groups excluding tert-OH is 3. The number of aliphatic hydroxyl groups is 3. The van der Waals surface area contributed by atoms with E-state index in [0.29, 0.717) is 64.6 Å². The van der Waals surface area contributed by atoms with E-state index in [1.165, 1.54) is 0 Å². The number of hydrogen-bond acceptors (Lipinski definition) is 16. The molecular weight excluding hydrogens is 941 g/mol. The molecule has 30 atom stereocenters. The van der Waals surface area contributed by atoms with E-state index in [-0.39, 0.29) is 115 Å². The van der Waals surface area contributed by atoms with Gasteiger partial charge in [-0.25, -0.2) is 0 Å². The molecule has 73 heavy (non-hydrogen) atoms. The zero-order valence-corrected chi connectivity index (χ0v) is 43.3. The largest absolute Gasteiger partial charge is 0.390 e. The molecule has 3 N–H and O–H groups in total. The molecule has 9 fully saturated rings. The van der Waals surface area contributed by atoms with Gasteiger partial charge in [0.1, 0.15) is 48.3 Å². The Balaban J connectivity index is 0.695. The minimum absolute atomic E-state index is 0.103. The van der Waals surface area contributed by atoms with E-state index in [1.807, 2.05) is 19.1 Å². The van der Waals surface area contributed by atoms with Crippen molar-refractivity contribution < 1.29 is 76.9 Å². The molecule has 0 radical (unpaired) electrons. The monoisotopic (exact) mass is 1020 g/mol. The minimum atomic E-state index is -0.998. The molecule has 9 saturated heterocycles. The predicted octanol–water partition coefficient (Wildman–Crippen LogP) is 5.11. The number of rotatable bonds is 0. The van der Waals surface area contributed by atoms with Crippen molar-refractivity contribution in [1.82, 2.24) is 0 Å². The van der Waals surface area contributed by atoms with Crippen LogP contribution in [0.1, 0.15) is 112 Å². The first-order chi connectivity index (χ1) is 35.3. The summed E-state index contributed by atoms with van der Waals surface area (Å²) in [4.78, 5) is 0. The standard InChI is InChI=1S/C57H82O16/c1-28-22-39-41(25-45-51(70-39)30(3)49(59)55-52(71-45)29(2)31(4)57(73-55)19-11-21-62-57)67-43-27-48-56(5,72-44(43)23-28)47(58)26-42-35(68-48)13-7-6-12-32-33(65-42)15-10-16-34-36(63-32)17-18-37-40(64-34)24-46-54(69-37)50(60)53-38(66-46)14-8-9-20-61-53/h6-10,15,17-18,28-55,58-60H,11-14,16,19-27H2,1-5H3/b7-6-,15-10-/t28-,29+,30+,31+,32-,33+,34-,35+,36+,37-,38+,39+,40+,41-,42-,43+,44-,45+,46-,47-,48-,49+,50-,51-,52-,53-,54+,55+,56+,57-/m1/s1. The lowest BCUT2D eigenvalue weighted by atomic mass is 9.76. The molecule has 0 aromatic heterocycles. The van der Waals surface area contributed by atoms with Gasteiger partial charge >= 0.3 is 0 Å². The van der Waals surface area contributed by atoms with Crippen LogP contribution in [0, 0.1) is 23.7 Å². The van der Waals surface area contributed by atoms with E-state index in [4.69, 9.17) is 61.6 Å². The van der Waals surface area contributed by atoms with Crippen molar-refractivity contribution in [2.75, 3.05) is 13.2 Å².